The van der Waals surface area contributed by atoms with E-state index in [1.807, 2.05) is 13.8 Å². The zero-order valence-electron chi connectivity index (χ0n) is 20.6. The van der Waals surface area contributed by atoms with E-state index in [1.54, 1.807) is 37.5 Å². The fraction of sp³-hybridized carbons (Fsp3) is 0.538. The molecule has 0 spiro atoms. The van der Waals surface area contributed by atoms with Crippen molar-refractivity contribution in [3.8, 4) is 17.1 Å². The average Bonchev–Trinajstić information content (AvgIpc) is 2.79. The number of rotatable bonds is 5. The molecule has 35 heavy (non-hydrogen) atoms. The molecule has 2 aliphatic rings. The minimum absolute atomic E-state index is 0.0213. The summed E-state index contributed by atoms with van der Waals surface area (Å²) >= 11 is 0. The molecule has 0 saturated heterocycles. The molecule has 0 aromatic carbocycles. The van der Waals surface area contributed by atoms with Crippen molar-refractivity contribution in [1.82, 2.24) is 4.98 Å². The van der Waals surface area contributed by atoms with Gasteiger partial charge in [0.15, 0.2) is 0 Å². The molecule has 2 aromatic rings. The molecule has 4 rings (SSSR count). The lowest BCUT2D eigenvalue weighted by molar-refractivity contribution is -0.209. The first-order valence-electron chi connectivity index (χ1n) is 11.8. The fourth-order valence-corrected chi connectivity index (χ4v) is 5.51. The molecule has 188 valence electrons. The first-order valence-corrected chi connectivity index (χ1v) is 11.8. The summed E-state index contributed by atoms with van der Waals surface area (Å²) in [5, 5.41) is 11.5. The molecule has 1 aliphatic heterocycles. The van der Waals surface area contributed by atoms with Gasteiger partial charge in [-0.3, -0.25) is 14.6 Å². The van der Waals surface area contributed by atoms with E-state index in [4.69, 9.17) is 18.6 Å². The van der Waals surface area contributed by atoms with Gasteiger partial charge in [-0.2, -0.15) is 0 Å². The normalized spacial score (nSPS) is 29.1. The Hall–Kier alpha value is -3.20. The Kier molecular flexibility index (Phi) is 6.48. The number of esters is 2. The number of pyridine rings is 1. The number of aromatic nitrogens is 1. The predicted molar refractivity (Wildman–Crippen MR) is 124 cm³/mol. The van der Waals surface area contributed by atoms with Crippen molar-refractivity contribution < 1.29 is 33.3 Å². The van der Waals surface area contributed by atoms with Crippen molar-refractivity contribution in [3.63, 3.8) is 0 Å². The van der Waals surface area contributed by atoms with E-state index in [0.29, 0.717) is 24.8 Å². The second-order valence-corrected chi connectivity index (χ2v) is 9.78. The molecule has 1 N–H and O–H groups in total. The zero-order chi connectivity index (χ0) is 25.5. The fourth-order valence-electron chi connectivity index (χ4n) is 5.51. The molecule has 2 aromatic heterocycles. The first kappa shape index (κ1) is 24.9. The summed E-state index contributed by atoms with van der Waals surface area (Å²) in [4.78, 5) is 41.0. The lowest BCUT2D eigenvalue weighted by atomic mass is 9.61. The highest BCUT2D eigenvalue weighted by Crippen LogP contribution is 2.54. The van der Waals surface area contributed by atoms with Crippen molar-refractivity contribution in [2.75, 3.05) is 0 Å². The highest BCUT2D eigenvalue weighted by molar-refractivity contribution is 5.67. The molecule has 1 aliphatic carbocycles. The van der Waals surface area contributed by atoms with Gasteiger partial charge in [-0.25, -0.2) is 4.79 Å². The van der Waals surface area contributed by atoms with Crippen LogP contribution >= 0.6 is 0 Å². The Balaban J connectivity index is 1.79. The average molecular weight is 486 g/mol. The molecular formula is C26H31NO8. The van der Waals surface area contributed by atoms with Gasteiger partial charge in [0, 0.05) is 49.7 Å². The van der Waals surface area contributed by atoms with Crippen LogP contribution in [0.4, 0.5) is 0 Å². The van der Waals surface area contributed by atoms with Gasteiger partial charge in [0.2, 0.25) is 0 Å². The maximum Gasteiger partial charge on any atom is 0.345 e. The maximum absolute atomic E-state index is 13.0. The van der Waals surface area contributed by atoms with Crippen LogP contribution in [0, 0.1) is 11.8 Å². The van der Waals surface area contributed by atoms with E-state index in [9.17, 15) is 19.5 Å². The van der Waals surface area contributed by atoms with E-state index in [-0.39, 0.29) is 23.0 Å². The van der Waals surface area contributed by atoms with Gasteiger partial charge in [-0.05, 0) is 45.2 Å². The quantitative estimate of drug-likeness (QED) is 0.633. The summed E-state index contributed by atoms with van der Waals surface area (Å²) in [7, 11) is 0. The molecule has 0 unspecified atom stereocenters. The van der Waals surface area contributed by atoms with Crippen molar-refractivity contribution >= 4 is 11.9 Å². The van der Waals surface area contributed by atoms with Crippen LogP contribution in [0.15, 0.2) is 39.8 Å². The summed E-state index contributed by atoms with van der Waals surface area (Å²) in [6.45, 7) is 8.20. The van der Waals surface area contributed by atoms with Gasteiger partial charge in [0.25, 0.3) is 0 Å². The van der Waals surface area contributed by atoms with Crippen molar-refractivity contribution in [3.05, 3.63) is 46.6 Å². The summed E-state index contributed by atoms with van der Waals surface area (Å²) < 4.78 is 23.3. The minimum atomic E-state index is -1.23. The summed E-state index contributed by atoms with van der Waals surface area (Å²) in [5.41, 5.74) is -2.08. The number of nitrogens with zero attached hydrogens (tertiary/aromatic N) is 1. The van der Waals surface area contributed by atoms with Crippen molar-refractivity contribution in [2.24, 2.45) is 11.8 Å². The van der Waals surface area contributed by atoms with Crippen LogP contribution < -0.4 is 10.4 Å². The van der Waals surface area contributed by atoms with Crippen LogP contribution in [0.3, 0.4) is 0 Å². The third-order valence-corrected chi connectivity index (χ3v) is 7.57. The molecule has 1 fully saturated rings. The van der Waals surface area contributed by atoms with Crippen LogP contribution in [0.1, 0.15) is 65.5 Å². The number of ether oxygens (including phenoxy) is 3. The van der Waals surface area contributed by atoms with Crippen LogP contribution in [0.5, 0.6) is 5.75 Å². The maximum atomic E-state index is 13.0. The molecule has 0 bridgehead atoms. The Morgan fingerprint density at radius 1 is 1.29 bits per heavy atom. The van der Waals surface area contributed by atoms with E-state index < -0.39 is 46.9 Å². The Bertz CT molecular complexity index is 1180. The summed E-state index contributed by atoms with van der Waals surface area (Å²) in [5.74, 6) is -1.34. The molecular weight excluding hydrogens is 454 g/mol. The van der Waals surface area contributed by atoms with Gasteiger partial charge in [-0.15, -0.1) is 0 Å². The highest BCUT2D eigenvalue weighted by Gasteiger charge is 2.60. The molecule has 9 nitrogen and oxygen atoms in total. The Labute approximate surface area is 203 Å². The number of aliphatic hydroxyl groups is 1. The summed E-state index contributed by atoms with van der Waals surface area (Å²) in [6.07, 6.45) is 2.46. The molecule has 1 saturated carbocycles. The van der Waals surface area contributed by atoms with Gasteiger partial charge in [-0.1, -0.05) is 6.92 Å². The standard InChI is InChI=1S/C26H31NO8/c1-6-25(4,34-15(3)29)17-10-18-23(30)22-20(35-26(18,5)21(11-17)32-14(2)28)12-19(33-24(22)31)16-8-7-9-27-13-16/h7-9,12-13,17-18,21,23,30H,6,10-11H2,1-5H3/t17-,18-,21-,23+,25+,26-/m0/s1. The van der Waals surface area contributed by atoms with Gasteiger partial charge in [0.1, 0.15) is 34.4 Å². The van der Waals surface area contributed by atoms with E-state index in [1.165, 1.54) is 13.8 Å². The number of carbonyl (C=O) groups is 2. The van der Waals surface area contributed by atoms with Crippen LogP contribution in [0.2, 0.25) is 0 Å². The van der Waals surface area contributed by atoms with Gasteiger partial charge in [0.05, 0.1) is 6.10 Å². The van der Waals surface area contributed by atoms with E-state index in [0.717, 1.165) is 0 Å². The van der Waals surface area contributed by atoms with Crippen molar-refractivity contribution in [2.45, 2.75) is 77.3 Å². The molecule has 0 radical (unpaired) electrons. The summed E-state index contributed by atoms with van der Waals surface area (Å²) in [6, 6.07) is 5.02. The third-order valence-electron chi connectivity index (χ3n) is 7.57. The number of hydrogen-bond donors (Lipinski definition) is 1. The van der Waals surface area contributed by atoms with Crippen LogP contribution in [-0.2, 0) is 19.1 Å². The SMILES string of the molecule is CC[C@@](C)(OC(C)=O)[C@@H]1C[C@H](OC(C)=O)[C@@]2(C)Oc3cc(-c4cccnc4)oc(=O)c3[C@H](O)[C@@H]2C1. The molecule has 3 heterocycles. The van der Waals surface area contributed by atoms with Crippen molar-refractivity contribution in [1.29, 1.82) is 0 Å². The number of fused-ring (bicyclic) bond motifs is 2. The largest absolute Gasteiger partial charge is 0.482 e. The lowest BCUT2D eigenvalue weighted by Gasteiger charge is -2.54. The third kappa shape index (κ3) is 4.45. The number of aliphatic hydroxyl groups excluding tert-OH is 1. The van der Waals surface area contributed by atoms with Gasteiger partial charge >= 0.3 is 17.6 Å². The lowest BCUT2D eigenvalue weighted by Crippen LogP contribution is -2.62. The second kappa shape index (κ2) is 9.11. The topological polar surface area (TPSA) is 125 Å². The zero-order valence-corrected chi connectivity index (χ0v) is 20.6. The van der Waals surface area contributed by atoms with E-state index in [2.05, 4.69) is 4.98 Å². The molecule has 9 heteroatoms. The minimum Gasteiger partial charge on any atom is -0.482 e. The smallest absolute Gasteiger partial charge is 0.345 e. The number of hydrogen-bond acceptors (Lipinski definition) is 9. The highest BCUT2D eigenvalue weighted by atomic mass is 16.6. The molecule has 6 atom stereocenters. The Morgan fingerprint density at radius 3 is 2.63 bits per heavy atom. The van der Waals surface area contributed by atoms with E-state index >= 15 is 0 Å². The Morgan fingerprint density at radius 2 is 2.03 bits per heavy atom. The first-order chi connectivity index (χ1) is 16.5. The van der Waals surface area contributed by atoms with Gasteiger partial charge < -0.3 is 23.7 Å². The number of carbonyl (C=O) groups excluding carboxylic acids is 2. The predicted octanol–water partition coefficient (Wildman–Crippen LogP) is 3.58. The van der Waals surface area contributed by atoms with Crippen LogP contribution in [-0.4, -0.2) is 39.3 Å². The second-order valence-electron chi connectivity index (χ2n) is 9.78. The molecule has 0 amide bonds. The van der Waals surface area contributed by atoms with Crippen LogP contribution in [0.25, 0.3) is 11.3 Å². The monoisotopic (exact) mass is 485 g/mol.